The minimum atomic E-state index is -5.71. The fourth-order valence-electron chi connectivity index (χ4n) is 3.06. The van der Waals surface area contributed by atoms with Crippen LogP contribution in [0.5, 0.6) is 0 Å². The van der Waals surface area contributed by atoms with Crippen LogP contribution in [0.1, 0.15) is 23.8 Å². The van der Waals surface area contributed by atoms with Crippen molar-refractivity contribution >= 4 is 74.5 Å². The Labute approximate surface area is 241 Å². The molecule has 1 aliphatic rings. The number of anilines is 1. The standard InChI is InChI=1S/C17H18I2N3O13P3/c18-11-3-9(4-12(19)5-11)1-2-10-7-22(17(24)21-16(10)20)15-6-13(23)14(33-15)8-32-37(28,29)35-38(30,31)34-36(25,26)27/h3-5,7,13-15,23H,6,8H2,(H,28,29)(H,30,31)(H2,20,21,24)(H2,25,26,27)/t13-,14+,15+/m0/s1. The third-order valence-corrected chi connectivity index (χ3v) is 9.57. The van der Waals surface area contributed by atoms with Gasteiger partial charge >= 0.3 is 29.2 Å². The molecule has 1 aliphatic heterocycles. The maximum atomic E-state index is 12.4. The van der Waals surface area contributed by atoms with Crippen LogP contribution in [0.2, 0.25) is 0 Å². The molecule has 0 bridgehead atoms. The molecule has 7 N–H and O–H groups in total. The lowest BCUT2D eigenvalue weighted by Gasteiger charge is -2.19. The molecule has 3 rings (SSSR count). The van der Waals surface area contributed by atoms with Crippen LogP contribution in [-0.4, -0.2) is 53.0 Å². The first-order chi connectivity index (χ1) is 17.4. The largest absolute Gasteiger partial charge is 0.490 e. The molecule has 1 aromatic carbocycles. The van der Waals surface area contributed by atoms with Crippen LogP contribution in [0.15, 0.2) is 29.2 Å². The second-order valence-corrected chi connectivity index (χ2v) is 14.4. The van der Waals surface area contributed by atoms with Crippen molar-refractivity contribution in [2.24, 2.45) is 0 Å². The summed E-state index contributed by atoms with van der Waals surface area (Å²) in [5.41, 5.74) is 5.89. The van der Waals surface area contributed by atoms with Gasteiger partial charge in [-0.3, -0.25) is 9.09 Å². The molecule has 1 saturated heterocycles. The zero-order chi connectivity index (χ0) is 28.5. The van der Waals surface area contributed by atoms with Gasteiger partial charge in [-0.2, -0.15) is 13.6 Å². The molecule has 0 radical (unpaired) electrons. The quantitative estimate of drug-likeness (QED) is 0.125. The molecule has 2 aromatic rings. The number of ether oxygens (including phenoxy) is 1. The third-order valence-electron chi connectivity index (χ3n) is 4.52. The zero-order valence-corrected chi connectivity index (χ0v) is 25.5. The molecule has 16 nitrogen and oxygen atoms in total. The number of hydrogen-bond acceptors (Lipinski definition) is 11. The van der Waals surface area contributed by atoms with Crippen LogP contribution >= 0.6 is 68.6 Å². The number of phosphoric ester groups is 1. The Kier molecular flexibility index (Phi) is 10.4. The van der Waals surface area contributed by atoms with E-state index in [1.165, 1.54) is 6.20 Å². The molecule has 2 unspecified atom stereocenters. The SMILES string of the molecule is Nc1nc(=O)n([C@H]2C[C@H](O)[C@@H](COP(=O)(O)OP(=O)(O)OP(=O)(O)O)O2)cc1C#Cc1cc(I)cc(I)c1. The van der Waals surface area contributed by atoms with Gasteiger partial charge in [0.25, 0.3) is 0 Å². The highest BCUT2D eigenvalue weighted by atomic mass is 127. The number of benzene rings is 1. The summed E-state index contributed by atoms with van der Waals surface area (Å²) in [7, 11) is -16.7. The number of nitrogen functional groups attached to an aromatic ring is 1. The monoisotopic (exact) mass is 819 g/mol. The molecule has 208 valence electrons. The number of aliphatic hydroxyl groups excluding tert-OH is 1. The predicted octanol–water partition coefficient (Wildman–Crippen LogP) is 1.43. The molecule has 1 fully saturated rings. The molecule has 2 heterocycles. The first kappa shape index (κ1) is 31.8. The highest BCUT2D eigenvalue weighted by molar-refractivity contribution is 14.1. The van der Waals surface area contributed by atoms with E-state index in [0.29, 0.717) is 5.56 Å². The van der Waals surface area contributed by atoms with Gasteiger partial charge in [0.1, 0.15) is 18.1 Å². The van der Waals surface area contributed by atoms with E-state index in [-0.39, 0.29) is 17.8 Å². The van der Waals surface area contributed by atoms with Crippen molar-refractivity contribution < 1.29 is 56.3 Å². The molecule has 0 spiro atoms. The van der Waals surface area contributed by atoms with Crippen LogP contribution in [0, 0.1) is 19.0 Å². The number of phosphoric acid groups is 3. The molecule has 0 saturated carbocycles. The van der Waals surface area contributed by atoms with Gasteiger partial charge in [0.05, 0.1) is 18.3 Å². The lowest BCUT2D eigenvalue weighted by molar-refractivity contribution is -0.0449. The van der Waals surface area contributed by atoms with Gasteiger partial charge in [0, 0.05) is 25.3 Å². The van der Waals surface area contributed by atoms with E-state index in [4.69, 9.17) is 20.3 Å². The van der Waals surface area contributed by atoms with E-state index in [0.717, 1.165) is 11.7 Å². The summed E-state index contributed by atoms with van der Waals surface area (Å²) in [5.74, 6) is 5.62. The van der Waals surface area contributed by atoms with Crippen molar-refractivity contribution in [3.8, 4) is 11.8 Å². The minimum absolute atomic E-state index is 0.137. The van der Waals surface area contributed by atoms with Crippen molar-refractivity contribution in [3.63, 3.8) is 0 Å². The van der Waals surface area contributed by atoms with Crippen LogP contribution in [0.4, 0.5) is 5.82 Å². The third kappa shape index (κ3) is 9.42. The first-order valence-corrected chi connectivity index (χ1v) is 16.6. The van der Waals surface area contributed by atoms with E-state index >= 15 is 0 Å². The van der Waals surface area contributed by atoms with Gasteiger partial charge in [-0.25, -0.2) is 18.5 Å². The number of hydrogen-bond donors (Lipinski definition) is 6. The van der Waals surface area contributed by atoms with Gasteiger partial charge in [-0.1, -0.05) is 11.8 Å². The summed E-state index contributed by atoms with van der Waals surface area (Å²) >= 11 is 4.29. The van der Waals surface area contributed by atoms with Crippen molar-refractivity contribution in [1.82, 2.24) is 9.55 Å². The van der Waals surface area contributed by atoms with Crippen LogP contribution in [0.3, 0.4) is 0 Å². The maximum Gasteiger partial charge on any atom is 0.490 e. The maximum absolute atomic E-state index is 12.4. The van der Waals surface area contributed by atoms with Gasteiger partial charge in [0.2, 0.25) is 0 Å². The van der Waals surface area contributed by atoms with Crippen molar-refractivity contribution in [1.29, 1.82) is 0 Å². The molecule has 1 aromatic heterocycles. The van der Waals surface area contributed by atoms with Crippen LogP contribution < -0.4 is 11.4 Å². The lowest BCUT2D eigenvalue weighted by Crippen LogP contribution is -2.29. The number of nitrogens with zero attached hydrogens (tertiary/aromatic N) is 2. The molecular weight excluding hydrogens is 801 g/mol. The number of nitrogens with two attached hydrogens (primary N) is 1. The van der Waals surface area contributed by atoms with E-state index in [1.807, 2.05) is 18.2 Å². The van der Waals surface area contributed by atoms with Crippen LogP contribution in [-0.2, 0) is 31.6 Å². The highest BCUT2D eigenvalue weighted by Crippen LogP contribution is 2.66. The molecular formula is C17H18I2N3O13P3. The summed E-state index contributed by atoms with van der Waals surface area (Å²) < 4.78 is 54.2. The predicted molar refractivity (Wildman–Crippen MR) is 145 cm³/mol. The molecule has 5 atom stereocenters. The smallest absolute Gasteiger partial charge is 0.390 e. The van der Waals surface area contributed by atoms with Gasteiger partial charge in [0.15, 0.2) is 0 Å². The number of aromatic nitrogens is 2. The Morgan fingerprint density at radius 3 is 2.32 bits per heavy atom. The average Bonchev–Trinajstić information content (AvgIpc) is 3.08. The first-order valence-electron chi connectivity index (χ1n) is 9.92. The Morgan fingerprint density at radius 2 is 1.71 bits per heavy atom. The summed E-state index contributed by atoms with van der Waals surface area (Å²) in [6, 6.07) is 5.63. The summed E-state index contributed by atoms with van der Waals surface area (Å²) in [5, 5.41) is 10.3. The fourth-order valence-corrected chi connectivity index (χ4v) is 8.02. The zero-order valence-electron chi connectivity index (χ0n) is 18.5. The second kappa shape index (κ2) is 12.4. The van der Waals surface area contributed by atoms with E-state index in [2.05, 4.69) is 75.2 Å². The molecule has 38 heavy (non-hydrogen) atoms. The highest BCUT2D eigenvalue weighted by Gasteiger charge is 2.43. The molecule has 0 amide bonds. The molecule has 21 heteroatoms. The topological polar surface area (TPSA) is 250 Å². The number of rotatable bonds is 8. The Hall–Kier alpha value is -0.750. The molecule has 0 aliphatic carbocycles. The Bertz CT molecular complexity index is 1470. The van der Waals surface area contributed by atoms with Crippen molar-refractivity contribution in [3.05, 3.63) is 53.1 Å². The number of halogens is 2. The summed E-state index contributed by atoms with van der Waals surface area (Å²) in [6.07, 6.45) is -2.73. The lowest BCUT2D eigenvalue weighted by atomic mass is 10.2. The minimum Gasteiger partial charge on any atom is -0.390 e. The van der Waals surface area contributed by atoms with Gasteiger partial charge in [-0.15, -0.1) is 0 Å². The Morgan fingerprint density at radius 1 is 1.08 bits per heavy atom. The van der Waals surface area contributed by atoms with Crippen molar-refractivity contribution in [2.75, 3.05) is 12.3 Å². The van der Waals surface area contributed by atoms with E-state index < -0.39 is 54.2 Å². The Balaban J connectivity index is 1.73. The summed E-state index contributed by atoms with van der Waals surface area (Å²) in [6.45, 7) is -0.892. The van der Waals surface area contributed by atoms with E-state index in [9.17, 15) is 33.4 Å². The average molecular weight is 819 g/mol. The van der Waals surface area contributed by atoms with Crippen LogP contribution in [0.25, 0.3) is 0 Å². The van der Waals surface area contributed by atoms with Gasteiger partial charge < -0.3 is 35.2 Å². The normalized spacial score (nSPS) is 22.8. The summed E-state index contributed by atoms with van der Waals surface area (Å²) in [4.78, 5) is 52.1. The van der Waals surface area contributed by atoms with Crippen molar-refractivity contribution in [2.45, 2.75) is 24.9 Å². The van der Waals surface area contributed by atoms with Gasteiger partial charge in [-0.05, 0) is 63.4 Å². The fraction of sp³-hybridized carbons (Fsp3) is 0.294. The number of aliphatic hydroxyl groups is 1. The van der Waals surface area contributed by atoms with E-state index in [1.54, 1.807) is 0 Å². The second-order valence-electron chi connectivity index (χ2n) is 7.46.